The zero-order chi connectivity index (χ0) is 17.5. The molecule has 0 spiro atoms. The molecule has 0 saturated carbocycles. The fourth-order valence-electron chi connectivity index (χ4n) is 3.40. The van der Waals surface area contributed by atoms with Crippen molar-refractivity contribution in [1.29, 1.82) is 0 Å². The molecule has 0 amide bonds. The molecule has 1 aliphatic rings. The van der Waals surface area contributed by atoms with Crippen LogP contribution in [0.5, 0.6) is 5.75 Å². The summed E-state index contributed by atoms with van der Waals surface area (Å²) in [5, 5.41) is 13.4. The van der Waals surface area contributed by atoms with Crippen molar-refractivity contribution in [2.24, 2.45) is 0 Å². The topological polar surface area (TPSA) is 71.6 Å². The molecule has 1 N–H and O–H groups in total. The first kappa shape index (κ1) is 17.9. The molecule has 0 radical (unpaired) electrons. The molecule has 6 nitrogen and oxygen atoms in total. The third kappa shape index (κ3) is 4.80. The SMILES string of the molecule is CCOc1ccc(-c2noc(CN3CCCCCC3CCO)n2)cc1. The van der Waals surface area contributed by atoms with E-state index in [1.54, 1.807) is 0 Å². The Labute approximate surface area is 148 Å². The Hall–Kier alpha value is -1.92. The van der Waals surface area contributed by atoms with E-state index in [4.69, 9.17) is 9.26 Å². The van der Waals surface area contributed by atoms with Crippen LogP contribution in [0, 0.1) is 0 Å². The molecule has 136 valence electrons. The maximum absolute atomic E-state index is 9.32. The van der Waals surface area contributed by atoms with Crippen LogP contribution in [0.4, 0.5) is 0 Å². The number of rotatable bonds is 7. The van der Waals surface area contributed by atoms with Crippen LogP contribution in [-0.4, -0.2) is 45.9 Å². The minimum atomic E-state index is 0.225. The molecule has 0 aliphatic carbocycles. The largest absolute Gasteiger partial charge is 0.494 e. The number of benzene rings is 1. The Morgan fingerprint density at radius 2 is 2.08 bits per heavy atom. The summed E-state index contributed by atoms with van der Waals surface area (Å²) in [6.45, 7) is 4.51. The minimum absolute atomic E-state index is 0.225. The number of aromatic nitrogens is 2. The summed E-state index contributed by atoms with van der Waals surface area (Å²) < 4.78 is 10.9. The van der Waals surface area contributed by atoms with Crippen LogP contribution in [0.25, 0.3) is 11.4 Å². The zero-order valence-corrected chi connectivity index (χ0v) is 14.9. The molecule has 1 fully saturated rings. The lowest BCUT2D eigenvalue weighted by molar-refractivity contribution is 0.137. The van der Waals surface area contributed by atoms with Gasteiger partial charge in [-0.05, 0) is 57.0 Å². The highest BCUT2D eigenvalue weighted by atomic mass is 16.5. The second-order valence-corrected chi connectivity index (χ2v) is 6.46. The van der Waals surface area contributed by atoms with Gasteiger partial charge in [0.05, 0.1) is 13.2 Å². The zero-order valence-electron chi connectivity index (χ0n) is 14.9. The van der Waals surface area contributed by atoms with Gasteiger partial charge in [0.25, 0.3) is 0 Å². The molecule has 1 atom stereocenters. The molecule has 1 aromatic carbocycles. The summed E-state index contributed by atoms with van der Waals surface area (Å²) in [5.74, 6) is 2.08. The Bertz CT molecular complexity index is 642. The summed E-state index contributed by atoms with van der Waals surface area (Å²) in [5.41, 5.74) is 0.918. The van der Waals surface area contributed by atoms with Crippen molar-refractivity contribution in [3.8, 4) is 17.1 Å². The first-order valence-corrected chi connectivity index (χ1v) is 9.21. The Kier molecular flexibility index (Phi) is 6.42. The van der Waals surface area contributed by atoms with Gasteiger partial charge < -0.3 is 14.4 Å². The monoisotopic (exact) mass is 345 g/mol. The van der Waals surface area contributed by atoms with Crippen molar-refractivity contribution in [1.82, 2.24) is 15.0 Å². The number of ether oxygens (including phenoxy) is 1. The molecule has 2 heterocycles. The van der Waals surface area contributed by atoms with Crippen LogP contribution in [-0.2, 0) is 6.54 Å². The van der Waals surface area contributed by atoms with Crippen molar-refractivity contribution in [3.05, 3.63) is 30.2 Å². The van der Waals surface area contributed by atoms with Crippen LogP contribution in [0.3, 0.4) is 0 Å². The molecule has 25 heavy (non-hydrogen) atoms. The molecule has 1 aromatic heterocycles. The Morgan fingerprint density at radius 1 is 1.24 bits per heavy atom. The van der Waals surface area contributed by atoms with Crippen LogP contribution >= 0.6 is 0 Å². The first-order valence-electron chi connectivity index (χ1n) is 9.21. The second-order valence-electron chi connectivity index (χ2n) is 6.46. The van der Waals surface area contributed by atoms with Gasteiger partial charge in [0.15, 0.2) is 0 Å². The maximum atomic E-state index is 9.32. The normalized spacial score (nSPS) is 18.9. The number of hydrogen-bond donors (Lipinski definition) is 1. The number of aliphatic hydroxyl groups is 1. The first-order chi connectivity index (χ1) is 12.3. The average molecular weight is 345 g/mol. The summed E-state index contributed by atoms with van der Waals surface area (Å²) in [6, 6.07) is 8.12. The van der Waals surface area contributed by atoms with Gasteiger partial charge in [-0.2, -0.15) is 4.98 Å². The number of likely N-dealkylation sites (tertiary alicyclic amines) is 1. The summed E-state index contributed by atoms with van der Waals surface area (Å²) in [4.78, 5) is 6.93. The molecule has 0 bridgehead atoms. The molecule has 3 rings (SSSR count). The van der Waals surface area contributed by atoms with Gasteiger partial charge in [-0.15, -0.1) is 0 Å². The van der Waals surface area contributed by atoms with Crippen LogP contribution in [0.15, 0.2) is 28.8 Å². The van der Waals surface area contributed by atoms with Crippen molar-refractivity contribution >= 4 is 0 Å². The quantitative estimate of drug-likeness (QED) is 0.830. The molecule has 2 aromatic rings. The lowest BCUT2D eigenvalue weighted by Gasteiger charge is -2.27. The van der Waals surface area contributed by atoms with Crippen molar-refractivity contribution in [2.75, 3.05) is 19.8 Å². The highest BCUT2D eigenvalue weighted by Crippen LogP contribution is 2.23. The standard InChI is InChI=1S/C19H27N3O3/c1-2-24-17-9-7-15(8-10-17)19-20-18(25-21-19)14-22-12-5-3-4-6-16(22)11-13-23/h7-10,16,23H,2-6,11-14H2,1H3. The van der Waals surface area contributed by atoms with Gasteiger partial charge >= 0.3 is 0 Å². The minimum Gasteiger partial charge on any atom is -0.494 e. The highest BCUT2D eigenvalue weighted by Gasteiger charge is 2.22. The molecule has 6 heteroatoms. The van der Waals surface area contributed by atoms with E-state index in [1.807, 2.05) is 31.2 Å². The lowest BCUT2D eigenvalue weighted by atomic mass is 10.1. The third-order valence-electron chi connectivity index (χ3n) is 4.69. The van der Waals surface area contributed by atoms with Gasteiger partial charge in [-0.3, -0.25) is 4.90 Å². The number of hydrogen-bond acceptors (Lipinski definition) is 6. The summed E-state index contributed by atoms with van der Waals surface area (Å²) in [6.07, 6.45) is 5.59. The predicted molar refractivity (Wildman–Crippen MR) is 95.3 cm³/mol. The molecular formula is C19H27N3O3. The van der Waals surface area contributed by atoms with Gasteiger partial charge in [-0.25, -0.2) is 0 Å². The summed E-state index contributed by atoms with van der Waals surface area (Å²) >= 11 is 0. The van der Waals surface area contributed by atoms with E-state index in [0.29, 0.717) is 30.9 Å². The number of nitrogens with zero attached hydrogens (tertiary/aromatic N) is 3. The van der Waals surface area contributed by atoms with Gasteiger partial charge in [0, 0.05) is 18.2 Å². The fraction of sp³-hybridized carbons (Fsp3) is 0.579. The third-order valence-corrected chi connectivity index (χ3v) is 4.69. The van der Waals surface area contributed by atoms with E-state index in [-0.39, 0.29) is 6.61 Å². The lowest BCUT2D eigenvalue weighted by Crippen LogP contribution is -2.35. The molecule has 1 saturated heterocycles. The van der Waals surface area contributed by atoms with E-state index >= 15 is 0 Å². The molecule has 1 unspecified atom stereocenters. The van der Waals surface area contributed by atoms with Gasteiger partial charge in [-0.1, -0.05) is 18.0 Å². The highest BCUT2D eigenvalue weighted by molar-refractivity contribution is 5.55. The Balaban J connectivity index is 1.67. The van der Waals surface area contributed by atoms with E-state index < -0.39 is 0 Å². The van der Waals surface area contributed by atoms with E-state index in [1.165, 1.54) is 19.3 Å². The van der Waals surface area contributed by atoms with E-state index in [9.17, 15) is 5.11 Å². The maximum Gasteiger partial charge on any atom is 0.241 e. The van der Waals surface area contributed by atoms with Crippen molar-refractivity contribution < 1.29 is 14.4 Å². The van der Waals surface area contributed by atoms with E-state index in [2.05, 4.69) is 15.0 Å². The predicted octanol–water partition coefficient (Wildman–Crippen LogP) is 3.26. The fourth-order valence-corrected chi connectivity index (χ4v) is 3.40. The summed E-state index contributed by atoms with van der Waals surface area (Å²) in [7, 11) is 0. The van der Waals surface area contributed by atoms with Gasteiger partial charge in [0.2, 0.25) is 11.7 Å². The average Bonchev–Trinajstić information content (AvgIpc) is 2.98. The molecule has 1 aliphatic heterocycles. The van der Waals surface area contributed by atoms with Crippen LogP contribution in [0.1, 0.15) is 44.9 Å². The smallest absolute Gasteiger partial charge is 0.241 e. The van der Waals surface area contributed by atoms with E-state index in [0.717, 1.165) is 30.7 Å². The van der Waals surface area contributed by atoms with Crippen LogP contribution < -0.4 is 4.74 Å². The second kappa shape index (κ2) is 8.97. The van der Waals surface area contributed by atoms with Crippen LogP contribution in [0.2, 0.25) is 0 Å². The van der Waals surface area contributed by atoms with Crippen molar-refractivity contribution in [3.63, 3.8) is 0 Å². The Morgan fingerprint density at radius 3 is 2.84 bits per heavy atom. The number of aliphatic hydroxyl groups excluding tert-OH is 1. The molecular weight excluding hydrogens is 318 g/mol. The van der Waals surface area contributed by atoms with Crippen molar-refractivity contribution in [2.45, 2.75) is 51.6 Å². The van der Waals surface area contributed by atoms with Gasteiger partial charge in [0.1, 0.15) is 5.75 Å².